The Labute approximate surface area is 114 Å². The number of nitrogens with zero attached hydrogens (tertiary/aromatic N) is 2. The lowest BCUT2D eigenvalue weighted by atomic mass is 10.4. The number of thiophene rings is 1. The van der Waals surface area contributed by atoms with Crippen molar-refractivity contribution in [3.05, 3.63) is 32.7 Å². The highest BCUT2D eigenvalue weighted by Crippen LogP contribution is 2.21. The van der Waals surface area contributed by atoms with Crippen molar-refractivity contribution in [1.82, 2.24) is 9.55 Å². The van der Waals surface area contributed by atoms with Gasteiger partial charge in [0.05, 0.1) is 12.2 Å². The van der Waals surface area contributed by atoms with Crippen molar-refractivity contribution in [2.75, 3.05) is 5.32 Å². The van der Waals surface area contributed by atoms with E-state index < -0.39 is 0 Å². The monoisotopic (exact) mass is 313 g/mol. The zero-order valence-electron chi connectivity index (χ0n) is 10.2. The van der Waals surface area contributed by atoms with Crippen LogP contribution in [-0.2, 0) is 6.54 Å². The molecule has 2 rings (SSSR count). The van der Waals surface area contributed by atoms with Crippen molar-refractivity contribution in [1.29, 1.82) is 0 Å². The van der Waals surface area contributed by atoms with Crippen molar-refractivity contribution in [3.63, 3.8) is 0 Å². The lowest BCUT2D eigenvalue weighted by Gasteiger charge is -2.11. The lowest BCUT2D eigenvalue weighted by Crippen LogP contribution is -2.08. The Hall–Kier alpha value is -0.810. The summed E-state index contributed by atoms with van der Waals surface area (Å²) in [5.41, 5.74) is 1.05. The van der Waals surface area contributed by atoms with E-state index in [1.807, 2.05) is 6.92 Å². The first-order valence-corrected chi connectivity index (χ1v) is 7.26. The third kappa shape index (κ3) is 3.10. The van der Waals surface area contributed by atoms with E-state index in [0.29, 0.717) is 6.04 Å². The predicted molar refractivity (Wildman–Crippen MR) is 76.7 cm³/mol. The van der Waals surface area contributed by atoms with Gasteiger partial charge in [0, 0.05) is 27.0 Å². The van der Waals surface area contributed by atoms with Gasteiger partial charge >= 0.3 is 0 Å². The molecule has 0 amide bonds. The minimum atomic E-state index is 0.425. The van der Waals surface area contributed by atoms with Gasteiger partial charge < -0.3 is 9.88 Å². The van der Waals surface area contributed by atoms with Crippen molar-refractivity contribution in [2.45, 2.75) is 33.4 Å². The highest BCUT2D eigenvalue weighted by molar-refractivity contribution is 9.10. The van der Waals surface area contributed by atoms with Crippen LogP contribution in [0.5, 0.6) is 0 Å². The van der Waals surface area contributed by atoms with E-state index in [9.17, 15) is 0 Å². The van der Waals surface area contributed by atoms with Crippen molar-refractivity contribution < 1.29 is 0 Å². The van der Waals surface area contributed by atoms with Gasteiger partial charge in [-0.05, 0) is 42.8 Å². The van der Waals surface area contributed by atoms with E-state index in [0.717, 1.165) is 22.7 Å². The maximum absolute atomic E-state index is 4.50. The first-order valence-electron chi connectivity index (χ1n) is 5.58. The van der Waals surface area contributed by atoms with Gasteiger partial charge in [0.1, 0.15) is 0 Å². The summed E-state index contributed by atoms with van der Waals surface area (Å²) in [6.07, 6.45) is 2.08. The van der Waals surface area contributed by atoms with Crippen LogP contribution >= 0.6 is 27.3 Å². The molecule has 2 heterocycles. The molecule has 1 N–H and O–H groups in total. The third-order valence-corrected chi connectivity index (χ3v) is 4.15. The first-order chi connectivity index (χ1) is 8.06. The molecule has 0 fully saturated rings. The summed E-state index contributed by atoms with van der Waals surface area (Å²) in [5.74, 6) is 0.946. The lowest BCUT2D eigenvalue weighted by molar-refractivity contribution is 0.604. The average molecular weight is 314 g/mol. The van der Waals surface area contributed by atoms with Crippen molar-refractivity contribution >= 4 is 33.2 Å². The van der Waals surface area contributed by atoms with Gasteiger partial charge in [-0.2, -0.15) is 0 Å². The first kappa shape index (κ1) is 12.6. The highest BCUT2D eigenvalue weighted by atomic mass is 79.9. The molecule has 92 valence electrons. The van der Waals surface area contributed by atoms with Crippen LogP contribution in [0.4, 0.5) is 5.95 Å². The number of halogens is 1. The molecule has 0 saturated heterocycles. The Balaban J connectivity index is 2.08. The Morgan fingerprint density at radius 2 is 2.29 bits per heavy atom. The third-order valence-electron chi connectivity index (χ3n) is 2.45. The number of anilines is 1. The Morgan fingerprint density at radius 3 is 2.88 bits per heavy atom. The summed E-state index contributed by atoms with van der Waals surface area (Å²) in [4.78, 5) is 5.80. The average Bonchev–Trinajstić information content (AvgIpc) is 2.82. The molecule has 0 bridgehead atoms. The fraction of sp³-hybridized carbons (Fsp3) is 0.417. The largest absolute Gasteiger partial charge is 0.351 e. The molecular weight excluding hydrogens is 298 g/mol. The zero-order chi connectivity index (χ0) is 12.4. The number of rotatable bonds is 4. The quantitative estimate of drug-likeness (QED) is 0.916. The molecule has 0 unspecified atom stereocenters. The SMILES string of the molecule is Cc1cn(C(C)C)c(NCc2cc(Br)cs2)n1. The summed E-state index contributed by atoms with van der Waals surface area (Å²) < 4.78 is 3.31. The van der Waals surface area contributed by atoms with Crippen LogP contribution in [0, 0.1) is 6.92 Å². The van der Waals surface area contributed by atoms with Gasteiger partial charge in [-0.25, -0.2) is 4.98 Å². The normalized spacial score (nSPS) is 11.1. The molecule has 0 aliphatic carbocycles. The standard InChI is InChI=1S/C12H16BrN3S/c1-8(2)16-6-9(3)15-12(16)14-5-11-4-10(13)7-17-11/h4,6-8H,5H2,1-3H3,(H,14,15). The minimum absolute atomic E-state index is 0.425. The van der Waals surface area contributed by atoms with Crippen LogP contribution in [0.25, 0.3) is 0 Å². The predicted octanol–water partition coefficient (Wildman–Crippen LogP) is 4.21. The van der Waals surface area contributed by atoms with Gasteiger partial charge in [-0.15, -0.1) is 11.3 Å². The second-order valence-electron chi connectivity index (χ2n) is 4.29. The van der Waals surface area contributed by atoms with Crippen LogP contribution in [0.1, 0.15) is 30.5 Å². The summed E-state index contributed by atoms with van der Waals surface area (Å²) in [6, 6.07) is 2.56. The van der Waals surface area contributed by atoms with E-state index in [4.69, 9.17) is 0 Å². The molecule has 0 spiro atoms. The topological polar surface area (TPSA) is 29.9 Å². The van der Waals surface area contributed by atoms with E-state index in [-0.39, 0.29) is 0 Å². The molecule has 0 aromatic carbocycles. The smallest absolute Gasteiger partial charge is 0.203 e. The van der Waals surface area contributed by atoms with Gasteiger partial charge in [-0.1, -0.05) is 0 Å². The highest BCUT2D eigenvalue weighted by Gasteiger charge is 2.08. The molecule has 0 aliphatic rings. The number of hydrogen-bond donors (Lipinski definition) is 1. The number of hydrogen-bond acceptors (Lipinski definition) is 3. The van der Waals surface area contributed by atoms with Gasteiger partial charge in [0.25, 0.3) is 0 Å². The van der Waals surface area contributed by atoms with Crippen LogP contribution < -0.4 is 5.32 Å². The molecule has 0 saturated carbocycles. The molecule has 2 aromatic rings. The second-order valence-corrected chi connectivity index (χ2v) is 6.20. The van der Waals surface area contributed by atoms with Gasteiger partial charge in [0.15, 0.2) is 0 Å². The fourth-order valence-corrected chi connectivity index (χ4v) is 3.04. The van der Waals surface area contributed by atoms with E-state index in [1.54, 1.807) is 11.3 Å². The number of aromatic nitrogens is 2. The van der Waals surface area contributed by atoms with Crippen molar-refractivity contribution in [2.24, 2.45) is 0 Å². The van der Waals surface area contributed by atoms with E-state index in [2.05, 4.69) is 62.3 Å². The molecular formula is C12H16BrN3S. The van der Waals surface area contributed by atoms with Gasteiger partial charge in [0.2, 0.25) is 5.95 Å². The summed E-state index contributed by atoms with van der Waals surface area (Å²) in [6.45, 7) is 7.16. The van der Waals surface area contributed by atoms with Crippen LogP contribution in [0.15, 0.2) is 22.1 Å². The van der Waals surface area contributed by atoms with Crippen LogP contribution in [0.2, 0.25) is 0 Å². The summed E-state index contributed by atoms with van der Waals surface area (Å²) >= 11 is 5.21. The van der Waals surface area contributed by atoms with E-state index >= 15 is 0 Å². The molecule has 0 aliphatic heterocycles. The minimum Gasteiger partial charge on any atom is -0.351 e. The molecule has 0 radical (unpaired) electrons. The van der Waals surface area contributed by atoms with Crippen LogP contribution in [0.3, 0.4) is 0 Å². The molecule has 5 heteroatoms. The molecule has 2 aromatic heterocycles. The second kappa shape index (κ2) is 5.23. The number of aryl methyl sites for hydroxylation is 1. The number of nitrogens with one attached hydrogen (secondary N) is 1. The summed E-state index contributed by atoms with van der Waals surface area (Å²) in [7, 11) is 0. The van der Waals surface area contributed by atoms with E-state index in [1.165, 1.54) is 4.88 Å². The summed E-state index contributed by atoms with van der Waals surface area (Å²) in [5, 5.41) is 5.48. The van der Waals surface area contributed by atoms with Crippen LogP contribution in [-0.4, -0.2) is 9.55 Å². The zero-order valence-corrected chi connectivity index (χ0v) is 12.6. The molecule has 3 nitrogen and oxygen atoms in total. The van der Waals surface area contributed by atoms with Crippen molar-refractivity contribution in [3.8, 4) is 0 Å². The number of imidazole rings is 1. The molecule has 17 heavy (non-hydrogen) atoms. The maximum Gasteiger partial charge on any atom is 0.203 e. The Bertz CT molecular complexity index is 502. The molecule has 0 atom stereocenters. The fourth-order valence-electron chi connectivity index (χ4n) is 1.65. The maximum atomic E-state index is 4.50. The Morgan fingerprint density at radius 1 is 1.53 bits per heavy atom. The van der Waals surface area contributed by atoms with Gasteiger partial charge in [-0.3, -0.25) is 0 Å². The Kier molecular flexibility index (Phi) is 3.89.